The lowest BCUT2D eigenvalue weighted by molar-refractivity contribution is 0.590. The second-order valence-corrected chi connectivity index (χ2v) is 17.0. The van der Waals surface area contributed by atoms with Crippen molar-refractivity contribution in [3.05, 3.63) is 181 Å². The van der Waals surface area contributed by atoms with Gasteiger partial charge in [0.05, 0.1) is 0 Å². The van der Waals surface area contributed by atoms with E-state index in [1.54, 1.807) is 0 Å². The van der Waals surface area contributed by atoms with Crippen molar-refractivity contribution in [2.24, 2.45) is 0 Å². The first-order chi connectivity index (χ1) is 26.0. The van der Waals surface area contributed by atoms with Crippen molar-refractivity contribution in [3.8, 4) is 44.5 Å². The molecule has 0 aromatic heterocycles. The maximum Gasteiger partial charge on any atom is -0.00200 e. The molecule has 0 heterocycles. The van der Waals surface area contributed by atoms with Gasteiger partial charge in [-0.3, -0.25) is 0 Å². The summed E-state index contributed by atoms with van der Waals surface area (Å²) in [6.45, 7) is 13.9. The Hall–Kier alpha value is -5.98. The van der Waals surface area contributed by atoms with Crippen LogP contribution in [0.3, 0.4) is 0 Å². The quantitative estimate of drug-likeness (QED) is 0.161. The molecule has 0 bridgehead atoms. The minimum atomic E-state index is -0.00662. The topological polar surface area (TPSA) is 0 Å². The summed E-state index contributed by atoms with van der Waals surface area (Å²) < 4.78 is 0. The maximum atomic E-state index is 2.48. The number of hydrogen-bond acceptors (Lipinski definition) is 0. The first kappa shape index (κ1) is 33.8. The zero-order chi connectivity index (χ0) is 37.2. The smallest absolute Gasteiger partial charge is 0.00200 e. The van der Waals surface area contributed by atoms with Gasteiger partial charge in [0.25, 0.3) is 0 Å². The second-order valence-electron chi connectivity index (χ2n) is 17.0. The van der Waals surface area contributed by atoms with Crippen molar-refractivity contribution in [2.45, 2.75) is 52.4 Å². The van der Waals surface area contributed by atoms with Gasteiger partial charge in [0.1, 0.15) is 0 Å². The number of fused-ring (bicyclic) bond motifs is 4. The normalized spacial score (nSPS) is 12.3. The molecule has 0 nitrogen and oxygen atoms in total. The van der Waals surface area contributed by atoms with E-state index >= 15 is 0 Å². The predicted molar refractivity (Wildman–Crippen MR) is 236 cm³/mol. The first-order valence-corrected chi connectivity index (χ1v) is 19.3. The molecule has 54 heavy (non-hydrogen) atoms. The average Bonchev–Trinajstić information content (AvgIpc) is 3.18. The van der Waals surface area contributed by atoms with Crippen molar-refractivity contribution >= 4 is 43.1 Å². The number of rotatable bonds is 4. The van der Waals surface area contributed by atoms with E-state index in [1.165, 1.54) is 98.7 Å². The Morgan fingerprint density at radius 2 is 0.778 bits per heavy atom. The van der Waals surface area contributed by atoms with Gasteiger partial charge in [0.15, 0.2) is 0 Å². The van der Waals surface area contributed by atoms with Crippen LogP contribution in [0.5, 0.6) is 0 Å². The molecule has 9 aromatic carbocycles. The fraction of sp³-hybridized carbons (Fsp3) is 0.148. The molecule has 262 valence electrons. The van der Waals surface area contributed by atoms with E-state index in [-0.39, 0.29) is 10.8 Å². The standard InChI is InChI=1S/C54H46/c1-53(2,3)41-29-31-48-49(33-41)51(38-25-22-36(23-26-38)40-27-24-35-14-7-8-16-39(35)32-40)47-30-28-42(54(4,5)6)34-50(47)52(48)46-20-12-11-19-45(46)44-21-13-17-37-15-9-10-18-43(37)44/h7-34H,1-6H3. The molecule has 0 N–H and O–H groups in total. The van der Waals surface area contributed by atoms with E-state index in [9.17, 15) is 0 Å². The van der Waals surface area contributed by atoms with Crippen LogP contribution in [0, 0.1) is 0 Å². The van der Waals surface area contributed by atoms with Gasteiger partial charge >= 0.3 is 0 Å². The summed E-state index contributed by atoms with van der Waals surface area (Å²) in [5, 5.41) is 10.2. The van der Waals surface area contributed by atoms with Crippen molar-refractivity contribution < 1.29 is 0 Å². The fourth-order valence-electron chi connectivity index (χ4n) is 8.36. The molecule has 0 aliphatic heterocycles. The third-order valence-electron chi connectivity index (χ3n) is 11.4. The molecular formula is C54H46. The van der Waals surface area contributed by atoms with Crippen LogP contribution in [0.4, 0.5) is 0 Å². The van der Waals surface area contributed by atoms with E-state index in [0.29, 0.717) is 0 Å². The molecule has 9 aromatic rings. The van der Waals surface area contributed by atoms with Gasteiger partial charge in [-0.15, -0.1) is 0 Å². The molecule has 0 saturated carbocycles. The Morgan fingerprint density at radius 1 is 0.278 bits per heavy atom. The van der Waals surface area contributed by atoms with Gasteiger partial charge in [0.2, 0.25) is 0 Å². The highest BCUT2D eigenvalue weighted by atomic mass is 14.3. The maximum absolute atomic E-state index is 2.48. The zero-order valence-electron chi connectivity index (χ0n) is 32.2. The first-order valence-electron chi connectivity index (χ1n) is 19.3. The summed E-state index contributed by atoms with van der Waals surface area (Å²) in [6, 6.07) is 63.7. The molecule has 0 spiro atoms. The molecule has 0 aliphatic carbocycles. The SMILES string of the molecule is CC(C)(C)c1ccc2c(-c3ccccc3-c3cccc4ccccc34)c3cc(C(C)(C)C)ccc3c(-c3ccc(-c4ccc5ccccc5c4)cc3)c2c1. The fourth-order valence-corrected chi connectivity index (χ4v) is 8.36. The summed E-state index contributed by atoms with van der Waals surface area (Å²) >= 11 is 0. The van der Waals surface area contributed by atoms with Crippen LogP contribution in [0.15, 0.2) is 170 Å². The lowest BCUT2D eigenvalue weighted by Crippen LogP contribution is -2.11. The van der Waals surface area contributed by atoms with Gasteiger partial charge < -0.3 is 0 Å². The van der Waals surface area contributed by atoms with Crippen LogP contribution in [0.1, 0.15) is 52.7 Å². The predicted octanol–water partition coefficient (Wildman–Crippen LogP) is 15.6. The lowest BCUT2D eigenvalue weighted by atomic mass is 9.78. The molecule has 0 fully saturated rings. The van der Waals surface area contributed by atoms with Crippen LogP contribution in [0.25, 0.3) is 87.6 Å². The Kier molecular flexibility index (Phi) is 8.05. The van der Waals surface area contributed by atoms with Crippen LogP contribution in [-0.4, -0.2) is 0 Å². The summed E-state index contributed by atoms with van der Waals surface area (Å²) in [4.78, 5) is 0. The molecule has 0 heteroatoms. The zero-order valence-corrected chi connectivity index (χ0v) is 32.2. The summed E-state index contributed by atoms with van der Waals surface area (Å²) in [7, 11) is 0. The van der Waals surface area contributed by atoms with Crippen LogP contribution >= 0.6 is 0 Å². The molecule has 0 atom stereocenters. The van der Waals surface area contributed by atoms with E-state index in [1.807, 2.05) is 0 Å². The minimum Gasteiger partial charge on any atom is -0.0616 e. The highest BCUT2D eigenvalue weighted by Crippen LogP contribution is 2.48. The number of hydrogen-bond donors (Lipinski definition) is 0. The lowest BCUT2D eigenvalue weighted by Gasteiger charge is -2.25. The van der Waals surface area contributed by atoms with E-state index in [4.69, 9.17) is 0 Å². The Morgan fingerprint density at radius 3 is 1.46 bits per heavy atom. The van der Waals surface area contributed by atoms with Gasteiger partial charge in [0, 0.05) is 0 Å². The number of benzene rings is 9. The van der Waals surface area contributed by atoms with E-state index < -0.39 is 0 Å². The molecule has 9 rings (SSSR count). The monoisotopic (exact) mass is 694 g/mol. The van der Waals surface area contributed by atoms with Gasteiger partial charge in [-0.2, -0.15) is 0 Å². The van der Waals surface area contributed by atoms with Gasteiger partial charge in [-0.05, 0) is 128 Å². The Bertz CT molecular complexity index is 2870. The summed E-state index contributed by atoms with van der Waals surface area (Å²) in [5.74, 6) is 0. The summed E-state index contributed by atoms with van der Waals surface area (Å²) in [6.07, 6.45) is 0. The van der Waals surface area contributed by atoms with Crippen molar-refractivity contribution in [2.75, 3.05) is 0 Å². The minimum absolute atomic E-state index is 0.00251. The van der Waals surface area contributed by atoms with Crippen LogP contribution < -0.4 is 0 Å². The molecule has 0 radical (unpaired) electrons. The molecular weight excluding hydrogens is 649 g/mol. The Labute approximate surface area is 319 Å². The summed E-state index contributed by atoms with van der Waals surface area (Å²) in [5.41, 5.74) is 12.7. The highest BCUT2D eigenvalue weighted by molar-refractivity contribution is 6.23. The highest BCUT2D eigenvalue weighted by Gasteiger charge is 2.24. The van der Waals surface area contributed by atoms with Crippen molar-refractivity contribution in [3.63, 3.8) is 0 Å². The second kappa shape index (κ2) is 12.9. The average molecular weight is 695 g/mol. The van der Waals surface area contributed by atoms with Crippen molar-refractivity contribution in [1.29, 1.82) is 0 Å². The third kappa shape index (κ3) is 5.87. The van der Waals surface area contributed by atoms with Crippen molar-refractivity contribution in [1.82, 2.24) is 0 Å². The molecule has 0 aliphatic rings. The van der Waals surface area contributed by atoms with Gasteiger partial charge in [-0.1, -0.05) is 193 Å². The third-order valence-corrected chi connectivity index (χ3v) is 11.4. The molecule has 0 amide bonds. The largest absolute Gasteiger partial charge is 0.0616 e. The molecule has 0 saturated heterocycles. The van der Waals surface area contributed by atoms with Gasteiger partial charge in [-0.25, -0.2) is 0 Å². The Balaban J connectivity index is 1.36. The van der Waals surface area contributed by atoms with Crippen LogP contribution in [0.2, 0.25) is 0 Å². The van der Waals surface area contributed by atoms with E-state index in [0.717, 1.165) is 0 Å². The van der Waals surface area contributed by atoms with Crippen LogP contribution in [-0.2, 0) is 10.8 Å². The molecule has 0 unspecified atom stereocenters. The van der Waals surface area contributed by atoms with E-state index in [2.05, 4.69) is 211 Å².